The molecule has 0 fully saturated rings. The Bertz CT molecular complexity index is 956. The monoisotopic (exact) mass is 538 g/mol. The van der Waals surface area contributed by atoms with E-state index in [0.717, 1.165) is 31.2 Å². The van der Waals surface area contributed by atoms with Gasteiger partial charge in [0.1, 0.15) is 12.4 Å². The summed E-state index contributed by atoms with van der Waals surface area (Å²) in [6, 6.07) is 11.9. The second-order valence-electron chi connectivity index (χ2n) is 8.43. The second-order valence-corrected chi connectivity index (χ2v) is 9.28. The van der Waals surface area contributed by atoms with Crippen LogP contribution in [-0.4, -0.2) is 54.4 Å². The first-order valence-corrected chi connectivity index (χ1v) is 13.2. The highest BCUT2D eigenvalue weighted by Gasteiger charge is 2.18. The third-order valence-electron chi connectivity index (χ3n) is 5.61. The predicted molar refractivity (Wildman–Crippen MR) is 145 cm³/mol. The normalized spacial score (nSPS) is 11.7. The molecule has 0 aliphatic carbocycles. The highest BCUT2D eigenvalue weighted by Crippen LogP contribution is 2.25. The number of nitrogens with one attached hydrogen (secondary N) is 1. The summed E-state index contributed by atoms with van der Waals surface area (Å²) in [5, 5.41) is 13.0. The molecule has 0 saturated carbocycles. The van der Waals surface area contributed by atoms with E-state index in [1.54, 1.807) is 42.2 Å². The Morgan fingerprint density at radius 1 is 1.00 bits per heavy atom. The number of carboxylic acids is 1. The molecule has 2 aromatic carbocycles. The van der Waals surface area contributed by atoms with Gasteiger partial charge in [-0.3, -0.25) is 0 Å². The Morgan fingerprint density at radius 3 is 2.36 bits per heavy atom. The maximum absolute atomic E-state index is 13.0. The molecule has 2 aromatic rings. The fourth-order valence-electron chi connectivity index (χ4n) is 3.63. The molecule has 0 spiro atoms. The molecule has 0 aliphatic heterocycles. The first-order chi connectivity index (χ1) is 17.3. The molecule has 7 nitrogen and oxygen atoms in total. The van der Waals surface area contributed by atoms with E-state index in [4.69, 9.17) is 32.7 Å². The zero-order valence-electron chi connectivity index (χ0n) is 21.0. The number of amides is 2. The molecular formula is C27H36Cl2N2O5. The average Bonchev–Trinajstić information content (AvgIpc) is 2.85. The minimum atomic E-state index is -0.981. The van der Waals surface area contributed by atoms with Crippen molar-refractivity contribution in [3.63, 3.8) is 0 Å². The molecule has 0 heterocycles. The van der Waals surface area contributed by atoms with Crippen molar-refractivity contribution < 1.29 is 24.2 Å². The second kappa shape index (κ2) is 16.3. The molecule has 0 aliphatic rings. The van der Waals surface area contributed by atoms with Gasteiger partial charge in [-0.1, -0.05) is 67.9 Å². The minimum Gasteiger partial charge on any atom is -0.492 e. The topological polar surface area (TPSA) is 88.1 Å². The van der Waals surface area contributed by atoms with Crippen LogP contribution in [0.1, 0.15) is 51.5 Å². The SMILES string of the molecule is CCCCCCCN(CCOc1ccc(CC(OCC)C(=O)O)cc1)C(=O)Nc1ccc(Cl)cc1Cl. The number of nitrogens with zero attached hydrogens (tertiary/aromatic N) is 1. The number of rotatable bonds is 16. The largest absolute Gasteiger partial charge is 0.492 e. The number of unbranched alkanes of at least 4 members (excludes halogenated alkanes) is 4. The summed E-state index contributed by atoms with van der Waals surface area (Å²) < 4.78 is 11.1. The van der Waals surface area contributed by atoms with Gasteiger partial charge in [-0.25, -0.2) is 9.59 Å². The highest BCUT2D eigenvalue weighted by molar-refractivity contribution is 6.36. The summed E-state index contributed by atoms with van der Waals surface area (Å²) in [4.78, 5) is 26.0. The van der Waals surface area contributed by atoms with Crippen LogP contribution in [0.5, 0.6) is 5.75 Å². The lowest BCUT2D eigenvalue weighted by molar-refractivity contribution is -0.149. The summed E-state index contributed by atoms with van der Waals surface area (Å²) in [5.74, 6) is -0.337. The van der Waals surface area contributed by atoms with Crippen molar-refractivity contribution in [1.82, 2.24) is 4.90 Å². The zero-order chi connectivity index (χ0) is 26.3. The lowest BCUT2D eigenvalue weighted by Crippen LogP contribution is -2.38. The van der Waals surface area contributed by atoms with Gasteiger partial charge in [-0.2, -0.15) is 0 Å². The van der Waals surface area contributed by atoms with Crippen LogP contribution < -0.4 is 10.1 Å². The molecule has 198 valence electrons. The fourth-order valence-corrected chi connectivity index (χ4v) is 4.09. The number of anilines is 1. The molecule has 0 radical (unpaired) electrons. The van der Waals surface area contributed by atoms with Crippen molar-refractivity contribution in [1.29, 1.82) is 0 Å². The van der Waals surface area contributed by atoms with Gasteiger partial charge in [-0.05, 0) is 49.2 Å². The van der Waals surface area contributed by atoms with Crippen molar-refractivity contribution in [2.75, 3.05) is 31.6 Å². The Morgan fingerprint density at radius 2 is 1.72 bits per heavy atom. The van der Waals surface area contributed by atoms with Gasteiger partial charge in [0.25, 0.3) is 0 Å². The number of hydrogen-bond acceptors (Lipinski definition) is 4. The molecule has 36 heavy (non-hydrogen) atoms. The predicted octanol–water partition coefficient (Wildman–Crippen LogP) is 6.91. The highest BCUT2D eigenvalue weighted by atomic mass is 35.5. The van der Waals surface area contributed by atoms with Crippen LogP contribution in [0, 0.1) is 0 Å². The molecule has 0 saturated heterocycles. The summed E-state index contributed by atoms with van der Waals surface area (Å²) >= 11 is 12.2. The fraction of sp³-hybridized carbons (Fsp3) is 0.481. The van der Waals surface area contributed by atoms with Gasteiger partial charge in [0.15, 0.2) is 6.10 Å². The van der Waals surface area contributed by atoms with E-state index in [0.29, 0.717) is 47.8 Å². The van der Waals surface area contributed by atoms with Gasteiger partial charge in [-0.15, -0.1) is 0 Å². The van der Waals surface area contributed by atoms with Crippen LogP contribution in [0.15, 0.2) is 42.5 Å². The van der Waals surface area contributed by atoms with E-state index < -0.39 is 12.1 Å². The summed E-state index contributed by atoms with van der Waals surface area (Å²) in [5.41, 5.74) is 1.35. The zero-order valence-corrected chi connectivity index (χ0v) is 22.5. The standard InChI is InChI=1S/C27H36Cl2N2O5/c1-3-5-6-7-8-15-31(27(34)30-24-14-11-21(28)19-23(24)29)16-17-36-22-12-9-20(10-13-22)18-25(26(32)33)35-4-2/h9-14,19,25H,3-8,15-18H2,1-2H3,(H,30,34)(H,32,33). The number of carboxylic acid groups (broad SMARTS) is 1. The van der Waals surface area contributed by atoms with Crippen LogP contribution in [0.3, 0.4) is 0 Å². The first-order valence-electron chi connectivity index (χ1n) is 12.4. The summed E-state index contributed by atoms with van der Waals surface area (Å²) in [7, 11) is 0. The van der Waals surface area contributed by atoms with Crippen molar-refractivity contribution >= 4 is 40.9 Å². The number of carbonyl (C=O) groups excluding carboxylic acids is 1. The van der Waals surface area contributed by atoms with Crippen LogP contribution in [0.4, 0.5) is 10.5 Å². The number of ether oxygens (including phenoxy) is 2. The van der Waals surface area contributed by atoms with Crippen molar-refractivity contribution in [3.8, 4) is 5.75 Å². The molecule has 2 N–H and O–H groups in total. The van der Waals surface area contributed by atoms with Crippen LogP contribution in [0.2, 0.25) is 10.0 Å². The van der Waals surface area contributed by atoms with Gasteiger partial charge >= 0.3 is 12.0 Å². The molecular weight excluding hydrogens is 503 g/mol. The Hall–Kier alpha value is -2.48. The molecule has 2 amide bonds. The molecule has 0 aromatic heterocycles. The quantitative estimate of drug-likeness (QED) is 0.226. The van der Waals surface area contributed by atoms with E-state index in [1.807, 2.05) is 12.1 Å². The summed E-state index contributed by atoms with van der Waals surface area (Å²) in [6.07, 6.45) is 4.85. The van der Waals surface area contributed by atoms with E-state index >= 15 is 0 Å². The first kappa shape index (κ1) is 29.7. The average molecular weight is 540 g/mol. The number of halogens is 2. The lowest BCUT2D eigenvalue weighted by Gasteiger charge is -2.23. The summed E-state index contributed by atoms with van der Waals surface area (Å²) in [6.45, 7) is 5.60. The number of carbonyl (C=O) groups is 2. The van der Waals surface area contributed by atoms with E-state index in [2.05, 4.69) is 12.2 Å². The van der Waals surface area contributed by atoms with E-state index in [1.165, 1.54) is 6.42 Å². The molecule has 0 bridgehead atoms. The van der Waals surface area contributed by atoms with Gasteiger partial charge in [0.05, 0.1) is 17.3 Å². The number of benzene rings is 2. The number of urea groups is 1. The maximum atomic E-state index is 13.0. The number of hydrogen-bond donors (Lipinski definition) is 2. The van der Waals surface area contributed by atoms with Crippen LogP contribution in [-0.2, 0) is 16.0 Å². The smallest absolute Gasteiger partial charge is 0.333 e. The molecule has 9 heteroatoms. The van der Waals surface area contributed by atoms with Gasteiger partial charge in [0.2, 0.25) is 0 Å². The number of aliphatic carboxylic acids is 1. The van der Waals surface area contributed by atoms with Gasteiger partial charge in [0, 0.05) is 24.6 Å². The molecule has 1 atom stereocenters. The van der Waals surface area contributed by atoms with Crippen molar-refractivity contribution in [2.24, 2.45) is 0 Å². The Balaban J connectivity index is 1.93. The van der Waals surface area contributed by atoms with Crippen molar-refractivity contribution in [3.05, 3.63) is 58.1 Å². The minimum absolute atomic E-state index is 0.246. The van der Waals surface area contributed by atoms with Crippen LogP contribution >= 0.6 is 23.2 Å². The third-order valence-corrected chi connectivity index (χ3v) is 6.16. The Kier molecular flexibility index (Phi) is 13.5. The molecule has 1 unspecified atom stereocenters. The van der Waals surface area contributed by atoms with Crippen molar-refractivity contribution in [2.45, 2.75) is 58.5 Å². The van der Waals surface area contributed by atoms with E-state index in [-0.39, 0.29) is 12.5 Å². The Labute approximate surface area is 223 Å². The molecule has 2 rings (SSSR count). The van der Waals surface area contributed by atoms with Crippen LogP contribution in [0.25, 0.3) is 0 Å². The third kappa shape index (κ3) is 10.6. The van der Waals surface area contributed by atoms with Gasteiger partial charge < -0.3 is 24.8 Å². The lowest BCUT2D eigenvalue weighted by atomic mass is 10.1. The maximum Gasteiger partial charge on any atom is 0.333 e. The van der Waals surface area contributed by atoms with E-state index in [9.17, 15) is 14.7 Å².